The number of rotatable bonds is 2. The SMILES string of the molecule is Oc1ccccc1CN=C=S. The molecule has 0 aliphatic rings. The highest BCUT2D eigenvalue weighted by molar-refractivity contribution is 7.78. The second-order valence-electron chi connectivity index (χ2n) is 2.04. The molecule has 0 saturated carbocycles. The second-order valence-corrected chi connectivity index (χ2v) is 2.22. The van der Waals surface area contributed by atoms with Crippen LogP contribution in [0.3, 0.4) is 0 Å². The van der Waals surface area contributed by atoms with Gasteiger partial charge < -0.3 is 5.11 Å². The first kappa shape index (κ1) is 7.92. The molecule has 0 spiro atoms. The predicted molar refractivity (Wildman–Crippen MR) is 46.8 cm³/mol. The van der Waals surface area contributed by atoms with Crippen molar-refractivity contribution in [2.75, 3.05) is 0 Å². The van der Waals surface area contributed by atoms with Gasteiger partial charge in [0.05, 0.1) is 11.7 Å². The Kier molecular flexibility index (Phi) is 2.78. The van der Waals surface area contributed by atoms with Crippen molar-refractivity contribution >= 4 is 17.4 Å². The van der Waals surface area contributed by atoms with E-state index in [1.54, 1.807) is 18.2 Å². The van der Waals surface area contributed by atoms with Crippen molar-refractivity contribution in [3.05, 3.63) is 29.8 Å². The van der Waals surface area contributed by atoms with Gasteiger partial charge in [-0.25, -0.2) is 4.99 Å². The fourth-order valence-corrected chi connectivity index (χ4v) is 0.827. The number of hydrogen-bond donors (Lipinski definition) is 1. The molecule has 0 bridgehead atoms. The zero-order valence-corrected chi connectivity index (χ0v) is 6.64. The third-order valence-corrected chi connectivity index (χ3v) is 1.43. The third kappa shape index (κ3) is 2.15. The van der Waals surface area contributed by atoms with Gasteiger partial charge in [-0.05, 0) is 18.3 Å². The Labute approximate surface area is 70.2 Å². The van der Waals surface area contributed by atoms with Gasteiger partial charge in [-0.2, -0.15) is 0 Å². The number of hydrogen-bond acceptors (Lipinski definition) is 3. The molecule has 1 aromatic rings. The molecular weight excluding hydrogens is 158 g/mol. The highest BCUT2D eigenvalue weighted by Crippen LogP contribution is 2.15. The molecule has 1 aromatic carbocycles. The topological polar surface area (TPSA) is 32.6 Å². The first-order valence-electron chi connectivity index (χ1n) is 3.15. The van der Waals surface area contributed by atoms with Crippen molar-refractivity contribution in [3.8, 4) is 5.75 Å². The van der Waals surface area contributed by atoms with Gasteiger partial charge in [0, 0.05) is 5.56 Å². The first-order valence-corrected chi connectivity index (χ1v) is 3.56. The molecule has 0 aromatic heterocycles. The van der Waals surface area contributed by atoms with E-state index in [1.807, 2.05) is 6.07 Å². The van der Waals surface area contributed by atoms with Crippen molar-refractivity contribution in [3.63, 3.8) is 0 Å². The highest BCUT2D eigenvalue weighted by Gasteiger charge is 1.95. The normalized spacial score (nSPS) is 8.73. The van der Waals surface area contributed by atoms with Gasteiger partial charge in [-0.1, -0.05) is 18.2 Å². The lowest BCUT2D eigenvalue weighted by molar-refractivity contribution is 0.468. The van der Waals surface area contributed by atoms with Crippen molar-refractivity contribution in [1.29, 1.82) is 0 Å². The van der Waals surface area contributed by atoms with Gasteiger partial charge in [0.15, 0.2) is 0 Å². The van der Waals surface area contributed by atoms with E-state index >= 15 is 0 Å². The predicted octanol–water partition coefficient (Wildman–Crippen LogP) is 2.00. The number of phenols is 1. The highest BCUT2D eigenvalue weighted by atomic mass is 32.1. The molecule has 56 valence electrons. The number of thiocarbonyl (C=S) groups is 1. The summed E-state index contributed by atoms with van der Waals surface area (Å²) < 4.78 is 0. The summed E-state index contributed by atoms with van der Waals surface area (Å²) in [6.45, 7) is 0.399. The zero-order chi connectivity index (χ0) is 8.10. The summed E-state index contributed by atoms with van der Waals surface area (Å²) in [6.07, 6.45) is 0. The molecule has 11 heavy (non-hydrogen) atoms. The molecule has 1 N–H and O–H groups in total. The number of aliphatic imine (C=N–C) groups is 1. The van der Waals surface area contributed by atoms with E-state index in [2.05, 4.69) is 22.4 Å². The maximum absolute atomic E-state index is 9.22. The number of benzene rings is 1. The molecule has 0 atom stereocenters. The summed E-state index contributed by atoms with van der Waals surface area (Å²) >= 11 is 4.40. The first-order chi connectivity index (χ1) is 5.34. The van der Waals surface area contributed by atoms with Gasteiger partial charge in [0.25, 0.3) is 0 Å². The fraction of sp³-hybridized carbons (Fsp3) is 0.125. The minimum Gasteiger partial charge on any atom is -0.508 e. The van der Waals surface area contributed by atoms with Crippen LogP contribution in [0.25, 0.3) is 0 Å². The lowest BCUT2D eigenvalue weighted by Crippen LogP contribution is -1.80. The summed E-state index contributed by atoms with van der Waals surface area (Å²) in [4.78, 5) is 3.71. The van der Waals surface area contributed by atoms with Crippen LogP contribution in [0.5, 0.6) is 5.75 Å². The molecule has 0 unspecified atom stereocenters. The number of phenolic OH excluding ortho intramolecular Hbond substituents is 1. The molecule has 0 saturated heterocycles. The largest absolute Gasteiger partial charge is 0.508 e. The lowest BCUT2D eigenvalue weighted by atomic mass is 10.2. The smallest absolute Gasteiger partial charge is 0.120 e. The Hall–Kier alpha value is -1.18. The number of para-hydroxylation sites is 1. The standard InChI is InChI=1S/C8H7NOS/c10-8-4-2-1-3-7(8)5-9-6-11/h1-4,10H,5H2. The van der Waals surface area contributed by atoms with Crippen molar-refractivity contribution in [2.24, 2.45) is 4.99 Å². The number of isothiocyanates is 1. The Morgan fingerprint density at radius 2 is 2.18 bits per heavy atom. The van der Waals surface area contributed by atoms with Gasteiger partial charge >= 0.3 is 0 Å². The second kappa shape index (κ2) is 3.86. The molecule has 0 heterocycles. The van der Waals surface area contributed by atoms with E-state index in [1.165, 1.54) is 0 Å². The van der Waals surface area contributed by atoms with Crippen LogP contribution < -0.4 is 0 Å². The molecule has 1 rings (SSSR count). The van der Waals surface area contributed by atoms with Crippen molar-refractivity contribution in [1.82, 2.24) is 0 Å². The van der Waals surface area contributed by atoms with Crippen LogP contribution in [0.4, 0.5) is 0 Å². The Morgan fingerprint density at radius 3 is 2.82 bits per heavy atom. The average Bonchev–Trinajstić information content (AvgIpc) is 2.03. The van der Waals surface area contributed by atoms with Crippen molar-refractivity contribution < 1.29 is 5.11 Å². The van der Waals surface area contributed by atoms with E-state index in [0.29, 0.717) is 6.54 Å². The number of aromatic hydroxyl groups is 1. The van der Waals surface area contributed by atoms with E-state index in [9.17, 15) is 5.11 Å². The Balaban J connectivity index is 2.85. The van der Waals surface area contributed by atoms with Crippen LogP contribution in [0.1, 0.15) is 5.56 Å². The third-order valence-electron chi connectivity index (χ3n) is 1.31. The van der Waals surface area contributed by atoms with Crippen LogP contribution in [0, 0.1) is 0 Å². The molecule has 2 nitrogen and oxygen atoms in total. The van der Waals surface area contributed by atoms with Gasteiger partial charge in [-0.15, -0.1) is 0 Å². The Morgan fingerprint density at radius 1 is 1.45 bits per heavy atom. The Bertz CT molecular complexity index is 292. The average molecular weight is 165 g/mol. The van der Waals surface area contributed by atoms with Gasteiger partial charge in [0.1, 0.15) is 5.75 Å². The molecule has 0 aliphatic carbocycles. The van der Waals surface area contributed by atoms with Crippen LogP contribution in [-0.2, 0) is 6.54 Å². The maximum atomic E-state index is 9.22. The quantitative estimate of drug-likeness (QED) is 0.537. The molecule has 0 fully saturated rings. The fourth-order valence-electron chi connectivity index (χ4n) is 0.762. The monoisotopic (exact) mass is 165 g/mol. The zero-order valence-electron chi connectivity index (χ0n) is 5.82. The molecule has 0 radical (unpaired) electrons. The summed E-state index contributed by atoms with van der Waals surface area (Å²) in [7, 11) is 0. The molecule has 0 aliphatic heterocycles. The minimum absolute atomic E-state index is 0.251. The van der Waals surface area contributed by atoms with Crippen LogP contribution >= 0.6 is 12.2 Å². The van der Waals surface area contributed by atoms with E-state index < -0.39 is 0 Å². The maximum Gasteiger partial charge on any atom is 0.120 e. The van der Waals surface area contributed by atoms with E-state index in [4.69, 9.17) is 0 Å². The molecule has 3 heteroatoms. The van der Waals surface area contributed by atoms with Crippen LogP contribution in [-0.4, -0.2) is 10.3 Å². The van der Waals surface area contributed by atoms with Gasteiger partial charge in [-0.3, -0.25) is 0 Å². The molecule has 0 amide bonds. The summed E-state index contributed by atoms with van der Waals surface area (Å²) in [5.41, 5.74) is 0.768. The van der Waals surface area contributed by atoms with E-state index in [-0.39, 0.29) is 5.75 Å². The van der Waals surface area contributed by atoms with Crippen LogP contribution in [0.15, 0.2) is 29.3 Å². The summed E-state index contributed by atoms with van der Waals surface area (Å²) in [6, 6.07) is 7.02. The summed E-state index contributed by atoms with van der Waals surface area (Å²) in [5, 5.41) is 11.5. The van der Waals surface area contributed by atoms with Gasteiger partial charge in [0.2, 0.25) is 0 Å². The number of nitrogens with zero attached hydrogens (tertiary/aromatic N) is 1. The van der Waals surface area contributed by atoms with Crippen LogP contribution in [0.2, 0.25) is 0 Å². The minimum atomic E-state index is 0.251. The molecular formula is C8H7NOS. The van der Waals surface area contributed by atoms with E-state index in [0.717, 1.165) is 5.56 Å². The lowest BCUT2D eigenvalue weighted by Gasteiger charge is -1.97. The summed E-state index contributed by atoms with van der Waals surface area (Å²) in [5.74, 6) is 0.251. The van der Waals surface area contributed by atoms with Crippen molar-refractivity contribution in [2.45, 2.75) is 6.54 Å².